The maximum Gasteiger partial charge on any atom is 0.140 e. The lowest BCUT2D eigenvalue weighted by molar-refractivity contribution is 0.0117. The van der Waals surface area contributed by atoms with Gasteiger partial charge in [-0.25, -0.2) is 9.97 Å². The average Bonchev–Trinajstić information content (AvgIpc) is 3.31. The molecule has 2 aliphatic rings. The van der Waals surface area contributed by atoms with Crippen molar-refractivity contribution in [3.8, 4) is 0 Å². The zero-order chi connectivity index (χ0) is 17.7. The predicted octanol–water partition coefficient (Wildman–Crippen LogP) is 2.70. The Kier molecular flexibility index (Phi) is 3.76. The number of nitrogens with zero attached hydrogens (tertiary/aromatic N) is 6. The highest BCUT2D eigenvalue weighted by atomic mass is 32.1. The molecule has 1 spiro atoms. The molecule has 0 unspecified atom stereocenters. The lowest BCUT2D eigenvalue weighted by Crippen LogP contribution is -2.56. The summed E-state index contributed by atoms with van der Waals surface area (Å²) in [4.78, 5) is 16.7. The smallest absolute Gasteiger partial charge is 0.140 e. The van der Waals surface area contributed by atoms with Gasteiger partial charge in [0.05, 0.1) is 11.6 Å². The molecule has 6 nitrogen and oxygen atoms in total. The molecule has 0 atom stereocenters. The lowest BCUT2D eigenvalue weighted by atomic mass is 9.79. The van der Waals surface area contributed by atoms with Crippen molar-refractivity contribution in [3.05, 3.63) is 35.2 Å². The minimum Gasteiger partial charge on any atom is -0.355 e. The Labute approximate surface area is 157 Å². The van der Waals surface area contributed by atoms with Crippen LogP contribution in [0.15, 0.2) is 24.8 Å². The van der Waals surface area contributed by atoms with Crippen LogP contribution in [0.2, 0.25) is 0 Å². The number of rotatable bonds is 4. The molecule has 7 heteroatoms. The summed E-state index contributed by atoms with van der Waals surface area (Å²) < 4.78 is 1.88. The Morgan fingerprint density at radius 3 is 2.88 bits per heavy atom. The first-order valence-electron chi connectivity index (χ1n) is 9.32. The molecule has 0 saturated carbocycles. The van der Waals surface area contributed by atoms with E-state index in [0.717, 1.165) is 36.7 Å². The number of thiophene rings is 1. The Bertz CT molecular complexity index is 939. The van der Waals surface area contributed by atoms with Crippen LogP contribution in [0.25, 0.3) is 10.2 Å². The second-order valence-electron chi connectivity index (χ2n) is 7.82. The van der Waals surface area contributed by atoms with E-state index in [1.54, 1.807) is 17.7 Å². The van der Waals surface area contributed by atoms with E-state index in [-0.39, 0.29) is 0 Å². The van der Waals surface area contributed by atoms with Gasteiger partial charge in [0, 0.05) is 61.8 Å². The summed E-state index contributed by atoms with van der Waals surface area (Å²) in [5.41, 5.74) is 1.74. The summed E-state index contributed by atoms with van der Waals surface area (Å²) in [5, 5.41) is 5.51. The molecule has 136 valence electrons. The van der Waals surface area contributed by atoms with Crippen molar-refractivity contribution < 1.29 is 0 Å². The first-order chi connectivity index (χ1) is 12.6. The first-order valence-corrected chi connectivity index (χ1v) is 10.1. The minimum absolute atomic E-state index is 0.434. The quantitative estimate of drug-likeness (QED) is 0.709. The molecule has 0 amide bonds. The van der Waals surface area contributed by atoms with Gasteiger partial charge in [-0.3, -0.25) is 9.58 Å². The maximum absolute atomic E-state index is 4.65. The van der Waals surface area contributed by atoms with Gasteiger partial charge in [0.1, 0.15) is 17.0 Å². The van der Waals surface area contributed by atoms with Gasteiger partial charge in [0.25, 0.3) is 0 Å². The molecular weight excluding hydrogens is 344 g/mol. The van der Waals surface area contributed by atoms with Crippen molar-refractivity contribution in [3.63, 3.8) is 0 Å². The van der Waals surface area contributed by atoms with E-state index in [2.05, 4.69) is 44.1 Å². The fraction of sp³-hybridized carbons (Fsp3) is 0.526. The van der Waals surface area contributed by atoms with E-state index in [4.69, 9.17) is 0 Å². The second kappa shape index (κ2) is 6.03. The topological polar surface area (TPSA) is 50.1 Å². The molecule has 5 rings (SSSR count). The molecule has 5 heterocycles. The van der Waals surface area contributed by atoms with Crippen LogP contribution in [-0.2, 0) is 20.0 Å². The summed E-state index contributed by atoms with van der Waals surface area (Å²) in [6, 6.07) is 2.29. The molecule has 0 radical (unpaired) electrons. The summed E-state index contributed by atoms with van der Waals surface area (Å²) in [7, 11) is 1.98. The summed E-state index contributed by atoms with van der Waals surface area (Å²) in [6.07, 6.45) is 8.14. The molecule has 0 bridgehead atoms. The molecule has 2 fully saturated rings. The molecule has 3 aromatic rings. The molecule has 0 N–H and O–H groups in total. The van der Waals surface area contributed by atoms with Gasteiger partial charge >= 0.3 is 0 Å². The Hall–Kier alpha value is -1.99. The van der Waals surface area contributed by atoms with Crippen LogP contribution in [-0.4, -0.2) is 50.8 Å². The van der Waals surface area contributed by atoms with E-state index in [9.17, 15) is 0 Å². The van der Waals surface area contributed by atoms with Crippen molar-refractivity contribution in [1.29, 1.82) is 0 Å². The number of anilines is 1. The van der Waals surface area contributed by atoms with Gasteiger partial charge in [0.2, 0.25) is 0 Å². The van der Waals surface area contributed by atoms with E-state index < -0.39 is 0 Å². The van der Waals surface area contributed by atoms with Gasteiger partial charge in [-0.15, -0.1) is 11.3 Å². The number of hydrogen-bond donors (Lipinski definition) is 0. The van der Waals surface area contributed by atoms with Crippen LogP contribution < -0.4 is 4.90 Å². The molecule has 2 aliphatic heterocycles. The van der Waals surface area contributed by atoms with Crippen molar-refractivity contribution in [2.75, 3.05) is 31.1 Å². The van der Waals surface area contributed by atoms with E-state index in [1.807, 2.05) is 17.9 Å². The van der Waals surface area contributed by atoms with Crippen molar-refractivity contribution in [2.24, 2.45) is 12.5 Å². The molecular formula is C19H24N6S. The third-order valence-electron chi connectivity index (χ3n) is 5.73. The Morgan fingerprint density at radius 2 is 2.12 bits per heavy atom. The highest BCUT2D eigenvalue weighted by Crippen LogP contribution is 2.43. The van der Waals surface area contributed by atoms with Crippen LogP contribution in [0.5, 0.6) is 0 Å². The fourth-order valence-electron chi connectivity index (χ4n) is 4.52. The van der Waals surface area contributed by atoms with Gasteiger partial charge in [0.15, 0.2) is 0 Å². The normalized spacial score (nSPS) is 19.5. The number of aromatic nitrogens is 4. The Morgan fingerprint density at radius 1 is 1.23 bits per heavy atom. The maximum atomic E-state index is 4.65. The zero-order valence-corrected chi connectivity index (χ0v) is 16.2. The van der Waals surface area contributed by atoms with E-state index in [1.165, 1.54) is 35.3 Å². The summed E-state index contributed by atoms with van der Waals surface area (Å²) in [6.45, 7) is 7.78. The highest BCUT2D eigenvalue weighted by molar-refractivity contribution is 7.18. The largest absolute Gasteiger partial charge is 0.355 e. The molecule has 0 aliphatic carbocycles. The SMILES string of the molecule is CCc1cc2c(N3CCC4(CN(Cc5cnn(C)c5)C4)C3)ncnc2s1. The number of fused-ring (bicyclic) bond motifs is 1. The van der Waals surface area contributed by atoms with Gasteiger partial charge in [-0.2, -0.15) is 5.10 Å². The average molecular weight is 369 g/mol. The number of aryl methyl sites for hydroxylation is 2. The Balaban J connectivity index is 1.29. The first kappa shape index (κ1) is 16.2. The van der Waals surface area contributed by atoms with Crippen molar-refractivity contribution in [2.45, 2.75) is 26.3 Å². The highest BCUT2D eigenvalue weighted by Gasteiger charge is 2.47. The fourth-order valence-corrected chi connectivity index (χ4v) is 5.45. The lowest BCUT2D eigenvalue weighted by Gasteiger charge is -2.48. The molecule has 3 aromatic heterocycles. The molecule has 2 saturated heterocycles. The van der Waals surface area contributed by atoms with Crippen LogP contribution in [0, 0.1) is 5.41 Å². The number of likely N-dealkylation sites (tertiary alicyclic amines) is 1. The van der Waals surface area contributed by atoms with Crippen LogP contribution in [0.3, 0.4) is 0 Å². The summed E-state index contributed by atoms with van der Waals surface area (Å²) in [5.74, 6) is 1.13. The van der Waals surface area contributed by atoms with E-state index in [0.29, 0.717) is 5.41 Å². The standard InChI is InChI=1S/C19H24N6S/c1-3-15-6-16-17(20-13-21-18(16)26-15)25-5-4-19(12-25)10-24(11-19)9-14-7-22-23(2)8-14/h6-8,13H,3-5,9-12H2,1-2H3. The summed E-state index contributed by atoms with van der Waals surface area (Å²) >= 11 is 1.80. The second-order valence-corrected chi connectivity index (χ2v) is 8.94. The number of hydrogen-bond acceptors (Lipinski definition) is 6. The van der Waals surface area contributed by atoms with Crippen LogP contribution in [0.1, 0.15) is 23.8 Å². The van der Waals surface area contributed by atoms with E-state index >= 15 is 0 Å². The zero-order valence-electron chi connectivity index (χ0n) is 15.4. The van der Waals surface area contributed by atoms with Crippen LogP contribution >= 0.6 is 11.3 Å². The van der Waals surface area contributed by atoms with Crippen LogP contribution in [0.4, 0.5) is 5.82 Å². The molecule has 26 heavy (non-hydrogen) atoms. The third kappa shape index (κ3) is 2.70. The monoisotopic (exact) mass is 368 g/mol. The van der Waals surface area contributed by atoms with Crippen molar-refractivity contribution >= 4 is 27.4 Å². The predicted molar refractivity (Wildman–Crippen MR) is 105 cm³/mol. The third-order valence-corrected chi connectivity index (χ3v) is 6.92. The molecule has 0 aromatic carbocycles. The van der Waals surface area contributed by atoms with Crippen molar-refractivity contribution in [1.82, 2.24) is 24.6 Å². The van der Waals surface area contributed by atoms with Gasteiger partial charge in [-0.1, -0.05) is 6.92 Å². The van der Waals surface area contributed by atoms with Gasteiger partial charge in [-0.05, 0) is 18.9 Å². The van der Waals surface area contributed by atoms with Gasteiger partial charge < -0.3 is 4.90 Å². The minimum atomic E-state index is 0.434.